The van der Waals surface area contributed by atoms with Gasteiger partial charge in [-0.15, -0.1) is 0 Å². The standard InChI is InChI=1S/C36H32N2O3/c1-4-21-11-10-12-22(5-2)32(21)37-33(39)23-17-19-24(20-18-23)38-34(40)31-29-25-13-6-8-15-27(25)30(36(31,3)35(38)41)28-16-9-7-14-26(28)29/h6-20,29-31H,4-5H2,1-3H3,(H,37,39)/t29?,30?,31-,36-/m0/s1. The average Bonchev–Trinajstić information content (AvgIpc) is 3.22. The first-order valence-corrected chi connectivity index (χ1v) is 14.5. The van der Waals surface area contributed by atoms with Gasteiger partial charge in [0.1, 0.15) is 0 Å². The lowest BCUT2D eigenvalue weighted by Gasteiger charge is -2.51. The molecule has 0 spiro atoms. The fraction of sp³-hybridized carbons (Fsp3) is 0.250. The number of hydrogen-bond donors (Lipinski definition) is 1. The zero-order chi connectivity index (χ0) is 28.5. The lowest BCUT2D eigenvalue weighted by molar-refractivity contribution is -0.128. The summed E-state index contributed by atoms with van der Waals surface area (Å²) in [4.78, 5) is 43.1. The van der Waals surface area contributed by atoms with Gasteiger partial charge in [-0.3, -0.25) is 14.4 Å². The zero-order valence-electron chi connectivity index (χ0n) is 23.5. The van der Waals surface area contributed by atoms with Gasteiger partial charge in [0.15, 0.2) is 0 Å². The molecule has 2 atom stereocenters. The van der Waals surface area contributed by atoms with Crippen molar-refractivity contribution in [2.75, 3.05) is 10.2 Å². The normalized spacial score (nSPS) is 23.7. The topological polar surface area (TPSA) is 66.5 Å². The molecule has 0 saturated carbocycles. The molecule has 1 saturated heterocycles. The Balaban J connectivity index is 1.23. The molecule has 4 aromatic carbocycles. The van der Waals surface area contributed by atoms with E-state index in [1.165, 1.54) is 4.90 Å². The Kier molecular flexibility index (Phi) is 5.75. The highest BCUT2D eigenvalue weighted by molar-refractivity contribution is 6.25. The third-order valence-electron chi connectivity index (χ3n) is 9.64. The number of aryl methyl sites for hydroxylation is 2. The van der Waals surface area contributed by atoms with Crippen LogP contribution in [0.3, 0.4) is 0 Å². The molecule has 1 heterocycles. The SMILES string of the molecule is CCc1cccc(CC)c1NC(=O)c1ccc(N2C(=O)[C@@H]3C4c5ccccc5C(c5ccccc54)[C@]3(C)C2=O)cc1. The minimum Gasteiger partial charge on any atom is -0.321 e. The van der Waals surface area contributed by atoms with Crippen LogP contribution in [0.25, 0.3) is 0 Å². The van der Waals surface area contributed by atoms with Crippen molar-refractivity contribution in [1.29, 1.82) is 0 Å². The summed E-state index contributed by atoms with van der Waals surface area (Å²) < 4.78 is 0. The molecule has 1 aliphatic heterocycles. The molecule has 0 radical (unpaired) electrons. The molecule has 0 unspecified atom stereocenters. The van der Waals surface area contributed by atoms with Crippen molar-refractivity contribution in [2.45, 2.75) is 45.4 Å². The van der Waals surface area contributed by atoms with Crippen LogP contribution in [-0.2, 0) is 22.4 Å². The molecule has 4 aliphatic rings. The maximum Gasteiger partial charge on any atom is 0.255 e. The Morgan fingerprint density at radius 3 is 1.83 bits per heavy atom. The quantitative estimate of drug-likeness (QED) is 0.282. The predicted octanol–water partition coefficient (Wildman–Crippen LogP) is 6.85. The lowest BCUT2D eigenvalue weighted by atomic mass is 9.48. The number of hydrogen-bond acceptors (Lipinski definition) is 3. The molecule has 1 N–H and O–H groups in total. The maximum atomic E-state index is 14.3. The highest BCUT2D eigenvalue weighted by Crippen LogP contribution is 2.67. The number of para-hydroxylation sites is 1. The van der Waals surface area contributed by atoms with Crippen LogP contribution in [0.15, 0.2) is 91.0 Å². The molecule has 41 heavy (non-hydrogen) atoms. The van der Waals surface area contributed by atoms with E-state index in [0.29, 0.717) is 11.3 Å². The van der Waals surface area contributed by atoms with Crippen molar-refractivity contribution in [3.8, 4) is 0 Å². The van der Waals surface area contributed by atoms with Gasteiger partial charge in [0.2, 0.25) is 11.8 Å². The molecular weight excluding hydrogens is 508 g/mol. The first-order valence-electron chi connectivity index (χ1n) is 14.5. The summed E-state index contributed by atoms with van der Waals surface area (Å²) in [5, 5.41) is 3.10. The van der Waals surface area contributed by atoms with E-state index in [1.54, 1.807) is 24.3 Å². The monoisotopic (exact) mass is 540 g/mol. The van der Waals surface area contributed by atoms with Crippen LogP contribution in [0.4, 0.5) is 11.4 Å². The molecule has 4 aromatic rings. The second kappa shape index (κ2) is 9.27. The number of anilines is 2. The van der Waals surface area contributed by atoms with E-state index in [9.17, 15) is 14.4 Å². The molecule has 2 bridgehead atoms. The number of imide groups is 1. The molecule has 204 valence electrons. The van der Waals surface area contributed by atoms with Crippen molar-refractivity contribution in [3.63, 3.8) is 0 Å². The third kappa shape index (κ3) is 3.45. The van der Waals surface area contributed by atoms with E-state index in [1.807, 2.05) is 49.4 Å². The first kappa shape index (κ1) is 25.5. The summed E-state index contributed by atoms with van der Waals surface area (Å²) in [6.07, 6.45) is 1.63. The van der Waals surface area contributed by atoms with Gasteiger partial charge in [0, 0.05) is 23.1 Å². The molecule has 1 fully saturated rings. The number of amides is 3. The summed E-state index contributed by atoms with van der Waals surface area (Å²) in [5.41, 5.74) is 7.72. The van der Waals surface area contributed by atoms with E-state index >= 15 is 0 Å². The van der Waals surface area contributed by atoms with Gasteiger partial charge in [0.25, 0.3) is 5.91 Å². The van der Waals surface area contributed by atoms with Crippen molar-refractivity contribution < 1.29 is 14.4 Å². The van der Waals surface area contributed by atoms with Crippen LogP contribution in [0.2, 0.25) is 0 Å². The van der Waals surface area contributed by atoms with Gasteiger partial charge in [-0.05, 0) is 77.4 Å². The summed E-state index contributed by atoms with van der Waals surface area (Å²) in [7, 11) is 0. The van der Waals surface area contributed by atoms with Crippen LogP contribution in [0.1, 0.15) is 76.3 Å². The van der Waals surface area contributed by atoms with Gasteiger partial charge in [-0.25, -0.2) is 4.90 Å². The molecule has 5 nitrogen and oxygen atoms in total. The van der Waals surface area contributed by atoms with Gasteiger partial charge >= 0.3 is 0 Å². The van der Waals surface area contributed by atoms with Gasteiger partial charge in [0.05, 0.1) is 17.0 Å². The number of rotatable bonds is 5. The first-order chi connectivity index (χ1) is 19.9. The van der Waals surface area contributed by atoms with E-state index < -0.39 is 11.3 Å². The minimum atomic E-state index is -0.888. The van der Waals surface area contributed by atoms with Crippen LogP contribution >= 0.6 is 0 Å². The number of carbonyl (C=O) groups is 3. The maximum absolute atomic E-state index is 14.3. The molecular formula is C36H32N2O3. The fourth-order valence-electron chi connectivity index (χ4n) is 7.71. The molecule has 5 heteroatoms. The smallest absolute Gasteiger partial charge is 0.255 e. The van der Waals surface area contributed by atoms with Crippen LogP contribution in [-0.4, -0.2) is 17.7 Å². The Morgan fingerprint density at radius 1 is 0.756 bits per heavy atom. The van der Waals surface area contributed by atoms with Crippen LogP contribution < -0.4 is 10.2 Å². The van der Waals surface area contributed by atoms with Crippen molar-refractivity contribution >= 4 is 29.1 Å². The Bertz CT molecular complexity index is 1670. The molecule has 8 rings (SSSR count). The summed E-state index contributed by atoms with van der Waals surface area (Å²) >= 11 is 0. The second-order valence-electron chi connectivity index (χ2n) is 11.6. The summed E-state index contributed by atoms with van der Waals surface area (Å²) in [6.45, 7) is 6.12. The molecule has 3 aliphatic carbocycles. The van der Waals surface area contributed by atoms with Crippen molar-refractivity contribution in [3.05, 3.63) is 130 Å². The highest BCUT2D eigenvalue weighted by Gasteiger charge is 2.68. The van der Waals surface area contributed by atoms with Gasteiger partial charge in [-0.2, -0.15) is 0 Å². The lowest BCUT2D eigenvalue weighted by Crippen LogP contribution is -2.49. The number of nitrogens with one attached hydrogen (secondary N) is 1. The van der Waals surface area contributed by atoms with Crippen molar-refractivity contribution in [2.24, 2.45) is 11.3 Å². The largest absolute Gasteiger partial charge is 0.321 e. The van der Waals surface area contributed by atoms with E-state index in [0.717, 1.165) is 51.9 Å². The van der Waals surface area contributed by atoms with Gasteiger partial charge in [-0.1, -0.05) is 80.6 Å². The van der Waals surface area contributed by atoms with E-state index in [4.69, 9.17) is 0 Å². The second-order valence-corrected chi connectivity index (χ2v) is 11.6. The number of nitrogens with zero attached hydrogens (tertiary/aromatic N) is 1. The Hall–Kier alpha value is -4.51. The predicted molar refractivity (Wildman–Crippen MR) is 160 cm³/mol. The Labute approximate surface area is 240 Å². The summed E-state index contributed by atoms with van der Waals surface area (Å²) in [5.74, 6) is -1.40. The number of benzene rings is 4. The minimum absolute atomic E-state index is 0.168. The third-order valence-corrected chi connectivity index (χ3v) is 9.64. The van der Waals surface area contributed by atoms with Crippen LogP contribution in [0, 0.1) is 11.3 Å². The van der Waals surface area contributed by atoms with Gasteiger partial charge < -0.3 is 5.32 Å². The average molecular weight is 541 g/mol. The molecule has 0 aromatic heterocycles. The summed E-state index contributed by atoms with van der Waals surface area (Å²) in [6, 6.07) is 29.5. The molecule has 3 amide bonds. The Morgan fingerprint density at radius 2 is 1.29 bits per heavy atom. The van der Waals surface area contributed by atoms with Crippen LogP contribution in [0.5, 0.6) is 0 Å². The zero-order valence-corrected chi connectivity index (χ0v) is 23.5. The van der Waals surface area contributed by atoms with E-state index in [2.05, 4.69) is 43.4 Å². The highest BCUT2D eigenvalue weighted by atomic mass is 16.2. The van der Waals surface area contributed by atoms with E-state index in [-0.39, 0.29) is 29.6 Å². The number of carbonyl (C=O) groups excluding carboxylic acids is 3. The fourth-order valence-corrected chi connectivity index (χ4v) is 7.71. The van der Waals surface area contributed by atoms with Crippen molar-refractivity contribution in [1.82, 2.24) is 0 Å².